The Morgan fingerprint density at radius 3 is 2.03 bits per heavy atom. The largest absolute Gasteiger partial charge is 0.423 e. The SMILES string of the molecule is O=C(Oc1ccc(-c2ccccc2)cc1)c1ccc(NC2=C(Cl)C(=O)N(c3ccc(Br)cc3)C2=O)cc1. The van der Waals surface area contributed by atoms with Crippen LogP contribution in [0.2, 0.25) is 0 Å². The maximum atomic E-state index is 12.9. The van der Waals surface area contributed by atoms with Crippen LogP contribution in [0.1, 0.15) is 10.4 Å². The maximum Gasteiger partial charge on any atom is 0.343 e. The number of nitrogens with zero attached hydrogens (tertiary/aromatic N) is 1. The van der Waals surface area contributed by atoms with E-state index < -0.39 is 17.8 Å². The Kier molecular flexibility index (Phi) is 6.90. The molecule has 1 aliphatic heterocycles. The first kappa shape index (κ1) is 24.5. The molecule has 0 unspecified atom stereocenters. The predicted molar refractivity (Wildman–Crippen MR) is 146 cm³/mol. The van der Waals surface area contributed by atoms with Gasteiger partial charge in [0.15, 0.2) is 0 Å². The van der Waals surface area contributed by atoms with E-state index in [0.717, 1.165) is 20.5 Å². The summed E-state index contributed by atoms with van der Waals surface area (Å²) in [6.45, 7) is 0. The molecular formula is C29H18BrClN2O4. The third-order valence-corrected chi connectivity index (χ3v) is 6.55. The topological polar surface area (TPSA) is 75.7 Å². The molecule has 4 aromatic rings. The van der Waals surface area contributed by atoms with Crippen molar-refractivity contribution in [2.45, 2.75) is 0 Å². The summed E-state index contributed by atoms with van der Waals surface area (Å²) >= 11 is 9.52. The number of halogens is 2. The molecule has 8 heteroatoms. The van der Waals surface area contributed by atoms with Gasteiger partial charge >= 0.3 is 5.97 Å². The molecule has 6 nitrogen and oxygen atoms in total. The lowest BCUT2D eigenvalue weighted by atomic mass is 10.1. The van der Waals surface area contributed by atoms with Crippen LogP contribution in [-0.2, 0) is 9.59 Å². The molecule has 1 aliphatic rings. The molecule has 0 radical (unpaired) electrons. The molecule has 1 heterocycles. The Hall–Kier alpha value is -4.20. The van der Waals surface area contributed by atoms with E-state index >= 15 is 0 Å². The molecule has 0 saturated heterocycles. The first-order chi connectivity index (χ1) is 17.9. The molecule has 0 spiro atoms. The number of imide groups is 1. The van der Waals surface area contributed by atoms with Crippen LogP contribution in [0.4, 0.5) is 11.4 Å². The first-order valence-electron chi connectivity index (χ1n) is 11.2. The smallest absolute Gasteiger partial charge is 0.343 e. The van der Waals surface area contributed by atoms with Crippen LogP contribution in [0.15, 0.2) is 118 Å². The molecule has 37 heavy (non-hydrogen) atoms. The zero-order chi connectivity index (χ0) is 25.9. The third kappa shape index (κ3) is 5.18. The lowest BCUT2D eigenvalue weighted by Gasteiger charge is -2.15. The molecule has 2 amide bonds. The Morgan fingerprint density at radius 1 is 0.757 bits per heavy atom. The number of nitrogens with one attached hydrogen (secondary N) is 1. The predicted octanol–water partition coefficient (Wildman–Crippen LogP) is 6.77. The van der Waals surface area contributed by atoms with E-state index in [9.17, 15) is 14.4 Å². The number of amides is 2. The molecule has 0 saturated carbocycles. The second-order valence-corrected chi connectivity index (χ2v) is 9.39. The van der Waals surface area contributed by atoms with Crippen LogP contribution in [0.5, 0.6) is 5.75 Å². The lowest BCUT2D eigenvalue weighted by Crippen LogP contribution is -2.32. The van der Waals surface area contributed by atoms with Gasteiger partial charge in [0.25, 0.3) is 11.8 Å². The van der Waals surface area contributed by atoms with Crippen molar-refractivity contribution in [2.24, 2.45) is 0 Å². The first-order valence-corrected chi connectivity index (χ1v) is 12.4. The number of ether oxygens (including phenoxy) is 1. The van der Waals surface area contributed by atoms with Gasteiger partial charge in [-0.3, -0.25) is 9.59 Å². The van der Waals surface area contributed by atoms with Crippen molar-refractivity contribution in [1.82, 2.24) is 0 Å². The number of hydrogen-bond acceptors (Lipinski definition) is 5. The molecule has 5 rings (SSSR count). The summed E-state index contributed by atoms with van der Waals surface area (Å²) in [6.07, 6.45) is 0. The van der Waals surface area contributed by atoms with E-state index in [-0.39, 0.29) is 10.7 Å². The van der Waals surface area contributed by atoms with Crippen molar-refractivity contribution < 1.29 is 19.1 Å². The van der Waals surface area contributed by atoms with Gasteiger partial charge in [0.1, 0.15) is 16.5 Å². The second kappa shape index (κ2) is 10.4. The van der Waals surface area contributed by atoms with Crippen LogP contribution >= 0.6 is 27.5 Å². The fourth-order valence-corrected chi connectivity index (χ4v) is 4.26. The van der Waals surface area contributed by atoms with Crippen LogP contribution in [0.25, 0.3) is 11.1 Å². The van der Waals surface area contributed by atoms with Gasteiger partial charge in [-0.2, -0.15) is 0 Å². The summed E-state index contributed by atoms with van der Waals surface area (Å²) in [7, 11) is 0. The highest BCUT2D eigenvalue weighted by Crippen LogP contribution is 2.31. The number of carbonyl (C=O) groups is 3. The van der Waals surface area contributed by atoms with Crippen molar-refractivity contribution in [3.8, 4) is 16.9 Å². The molecule has 4 aromatic carbocycles. The summed E-state index contributed by atoms with van der Waals surface area (Å²) in [5, 5.41) is 2.68. The van der Waals surface area contributed by atoms with E-state index in [2.05, 4.69) is 21.2 Å². The van der Waals surface area contributed by atoms with Gasteiger partial charge in [-0.25, -0.2) is 9.69 Å². The van der Waals surface area contributed by atoms with Crippen molar-refractivity contribution in [2.75, 3.05) is 10.2 Å². The van der Waals surface area contributed by atoms with Crippen LogP contribution in [0.3, 0.4) is 0 Å². The molecule has 0 atom stereocenters. The highest BCUT2D eigenvalue weighted by atomic mass is 79.9. The van der Waals surface area contributed by atoms with Gasteiger partial charge in [-0.05, 0) is 71.8 Å². The number of anilines is 2. The minimum atomic E-state index is -0.616. The monoisotopic (exact) mass is 572 g/mol. The normalized spacial score (nSPS) is 13.2. The Morgan fingerprint density at radius 2 is 1.38 bits per heavy atom. The van der Waals surface area contributed by atoms with Crippen molar-refractivity contribution in [1.29, 1.82) is 0 Å². The molecule has 0 fully saturated rings. The zero-order valence-electron chi connectivity index (χ0n) is 19.2. The number of benzene rings is 4. The highest BCUT2D eigenvalue weighted by Gasteiger charge is 2.38. The minimum absolute atomic E-state index is 0.0385. The van der Waals surface area contributed by atoms with Gasteiger partial charge in [-0.15, -0.1) is 0 Å². The van der Waals surface area contributed by atoms with Crippen molar-refractivity contribution in [3.05, 3.63) is 124 Å². The maximum absolute atomic E-state index is 12.9. The van der Waals surface area contributed by atoms with Crippen LogP contribution in [-0.4, -0.2) is 17.8 Å². The molecule has 0 bridgehead atoms. The van der Waals surface area contributed by atoms with E-state index in [0.29, 0.717) is 22.7 Å². The zero-order valence-corrected chi connectivity index (χ0v) is 21.5. The summed E-state index contributed by atoms with van der Waals surface area (Å²) in [5.74, 6) is -1.29. The quantitative estimate of drug-likeness (QED) is 0.157. The average Bonchev–Trinajstić information content (AvgIpc) is 3.13. The fraction of sp³-hybridized carbons (Fsp3) is 0. The van der Waals surface area contributed by atoms with E-state index in [1.807, 2.05) is 42.5 Å². The van der Waals surface area contributed by atoms with E-state index in [1.165, 1.54) is 0 Å². The Bertz CT molecular complexity index is 1520. The summed E-state index contributed by atoms with van der Waals surface area (Å²) < 4.78 is 6.30. The Balaban J connectivity index is 1.25. The van der Waals surface area contributed by atoms with Crippen molar-refractivity contribution >= 4 is 56.7 Å². The van der Waals surface area contributed by atoms with E-state index in [4.69, 9.17) is 16.3 Å². The summed E-state index contributed by atoms with van der Waals surface area (Å²) in [4.78, 5) is 39.2. The van der Waals surface area contributed by atoms with E-state index in [1.54, 1.807) is 60.7 Å². The second-order valence-electron chi connectivity index (χ2n) is 8.09. The molecule has 1 N–H and O–H groups in total. The Labute approximate surface area is 226 Å². The number of hydrogen-bond donors (Lipinski definition) is 1. The number of carbonyl (C=O) groups excluding carboxylic acids is 3. The van der Waals surface area contributed by atoms with Crippen LogP contribution < -0.4 is 15.0 Å². The third-order valence-electron chi connectivity index (χ3n) is 5.67. The lowest BCUT2D eigenvalue weighted by molar-refractivity contribution is -0.120. The molecule has 182 valence electrons. The number of rotatable bonds is 6. The number of esters is 1. The standard InChI is InChI=1S/C29H18BrClN2O4/c30-21-10-14-23(15-11-21)33-27(34)25(31)26(28(33)35)32-22-12-6-20(7-13-22)29(36)37-24-16-8-19(9-17-24)18-4-2-1-3-5-18/h1-17,32H. The minimum Gasteiger partial charge on any atom is -0.423 e. The fourth-order valence-electron chi connectivity index (χ4n) is 3.78. The van der Waals surface area contributed by atoms with Crippen LogP contribution in [0, 0.1) is 0 Å². The van der Waals surface area contributed by atoms with Gasteiger partial charge in [-0.1, -0.05) is 70.0 Å². The molecular weight excluding hydrogens is 556 g/mol. The van der Waals surface area contributed by atoms with Gasteiger partial charge in [0.2, 0.25) is 0 Å². The molecule has 0 aliphatic carbocycles. The summed E-state index contributed by atoms with van der Waals surface area (Å²) in [5.41, 5.74) is 3.26. The molecule has 0 aromatic heterocycles. The van der Waals surface area contributed by atoms with Gasteiger partial charge in [0.05, 0.1) is 11.3 Å². The van der Waals surface area contributed by atoms with Gasteiger partial charge < -0.3 is 10.1 Å². The highest BCUT2D eigenvalue weighted by molar-refractivity contribution is 9.10. The van der Waals surface area contributed by atoms with Crippen molar-refractivity contribution in [3.63, 3.8) is 0 Å². The summed E-state index contributed by atoms with van der Waals surface area (Å²) in [6, 6.07) is 30.2. The van der Waals surface area contributed by atoms with Gasteiger partial charge in [0, 0.05) is 10.2 Å². The average molecular weight is 574 g/mol.